The quantitative estimate of drug-likeness (QED) is 0.451. The Kier molecular flexibility index (Phi) is 1.43. The third-order valence-corrected chi connectivity index (χ3v) is 1.86. The highest BCUT2D eigenvalue weighted by molar-refractivity contribution is 6.03. The molecule has 1 rings (SSSR count). The molecule has 0 bridgehead atoms. The van der Waals surface area contributed by atoms with Crippen LogP contribution in [-0.4, -0.2) is 5.78 Å². The highest BCUT2D eigenvalue weighted by atomic mass is 16.1. The van der Waals surface area contributed by atoms with Crippen LogP contribution in [0.25, 0.3) is 0 Å². The second-order valence-corrected chi connectivity index (χ2v) is 2.95. The highest BCUT2D eigenvalue weighted by Crippen LogP contribution is 2.30. The molecular weight excluding hydrogens is 112 g/mol. The maximum atomic E-state index is 10.9. The van der Waals surface area contributed by atoms with E-state index in [1.807, 2.05) is 20.8 Å². The van der Waals surface area contributed by atoms with Crippen molar-refractivity contribution in [3.05, 3.63) is 11.1 Å². The van der Waals surface area contributed by atoms with E-state index in [0.717, 1.165) is 12.0 Å². The normalized spacial score (nSPS) is 25.9. The van der Waals surface area contributed by atoms with Crippen LogP contribution in [0, 0.1) is 5.92 Å². The summed E-state index contributed by atoms with van der Waals surface area (Å²) in [6, 6.07) is 0. The van der Waals surface area contributed by atoms with Crippen molar-refractivity contribution in [2.75, 3.05) is 0 Å². The van der Waals surface area contributed by atoms with Crippen molar-refractivity contribution in [3.63, 3.8) is 0 Å². The third-order valence-electron chi connectivity index (χ3n) is 1.86. The molecular formula is C8H12O. The number of hydrogen-bond acceptors (Lipinski definition) is 1. The van der Waals surface area contributed by atoms with E-state index in [9.17, 15) is 4.79 Å². The molecule has 1 nitrogen and oxygen atoms in total. The summed E-state index contributed by atoms with van der Waals surface area (Å²) in [4.78, 5) is 10.9. The van der Waals surface area contributed by atoms with Gasteiger partial charge in [-0.3, -0.25) is 4.79 Å². The van der Waals surface area contributed by atoms with E-state index in [4.69, 9.17) is 0 Å². The number of hydrogen-bond donors (Lipinski definition) is 0. The van der Waals surface area contributed by atoms with Crippen molar-refractivity contribution >= 4 is 5.78 Å². The van der Waals surface area contributed by atoms with Crippen LogP contribution in [0.15, 0.2) is 11.1 Å². The van der Waals surface area contributed by atoms with E-state index < -0.39 is 0 Å². The van der Waals surface area contributed by atoms with Gasteiger partial charge in [0.1, 0.15) is 0 Å². The fourth-order valence-electron chi connectivity index (χ4n) is 1.12. The lowest BCUT2D eigenvalue weighted by atomic mass is 9.78. The molecule has 1 saturated carbocycles. The number of Topliss-reactive ketones (excluding diaryl/α,β-unsaturated/α-hetero) is 1. The zero-order chi connectivity index (χ0) is 7.02. The van der Waals surface area contributed by atoms with Crippen molar-refractivity contribution in [3.8, 4) is 0 Å². The molecule has 0 N–H and O–H groups in total. The summed E-state index contributed by atoms with van der Waals surface area (Å²) in [5.74, 6) is 0.657. The number of carbonyl (C=O) groups excluding carboxylic acids is 1. The van der Waals surface area contributed by atoms with Crippen LogP contribution in [0.5, 0.6) is 0 Å². The first-order valence-electron chi connectivity index (χ1n) is 3.33. The minimum atomic E-state index is 0.301. The Hall–Kier alpha value is -0.590. The molecule has 0 saturated heterocycles. The zero-order valence-electron chi connectivity index (χ0n) is 6.19. The smallest absolute Gasteiger partial charge is 0.161 e. The predicted octanol–water partition coefficient (Wildman–Crippen LogP) is 1.93. The van der Waals surface area contributed by atoms with Gasteiger partial charge in [0, 0.05) is 5.92 Å². The van der Waals surface area contributed by atoms with Crippen molar-refractivity contribution in [2.45, 2.75) is 27.2 Å². The molecule has 1 atom stereocenters. The van der Waals surface area contributed by atoms with Gasteiger partial charge in [0.15, 0.2) is 5.78 Å². The van der Waals surface area contributed by atoms with Gasteiger partial charge in [-0.15, -0.1) is 0 Å². The summed E-state index contributed by atoms with van der Waals surface area (Å²) in [5.41, 5.74) is 2.25. The highest BCUT2D eigenvalue weighted by Gasteiger charge is 2.29. The molecule has 50 valence electrons. The second kappa shape index (κ2) is 1.98. The Labute approximate surface area is 55.8 Å². The molecule has 1 unspecified atom stereocenters. The lowest BCUT2D eigenvalue weighted by molar-refractivity contribution is -0.122. The van der Waals surface area contributed by atoms with Gasteiger partial charge in [0.2, 0.25) is 0 Å². The van der Waals surface area contributed by atoms with E-state index >= 15 is 0 Å². The summed E-state index contributed by atoms with van der Waals surface area (Å²) < 4.78 is 0. The van der Waals surface area contributed by atoms with Crippen molar-refractivity contribution in [2.24, 2.45) is 5.92 Å². The largest absolute Gasteiger partial charge is 0.294 e. The van der Waals surface area contributed by atoms with Gasteiger partial charge in [0.05, 0.1) is 0 Å². The molecule has 0 aromatic rings. The topological polar surface area (TPSA) is 17.1 Å². The maximum absolute atomic E-state index is 10.9. The Morgan fingerprint density at radius 1 is 1.56 bits per heavy atom. The molecule has 0 radical (unpaired) electrons. The van der Waals surface area contributed by atoms with E-state index in [-0.39, 0.29) is 0 Å². The Morgan fingerprint density at radius 2 is 2.11 bits per heavy atom. The third kappa shape index (κ3) is 0.913. The second-order valence-electron chi connectivity index (χ2n) is 2.95. The molecule has 1 aliphatic carbocycles. The van der Waals surface area contributed by atoms with Gasteiger partial charge < -0.3 is 0 Å². The fraction of sp³-hybridized carbons (Fsp3) is 0.625. The lowest BCUT2D eigenvalue weighted by Crippen LogP contribution is -2.27. The van der Waals surface area contributed by atoms with Crippen molar-refractivity contribution < 1.29 is 4.79 Å². The minimum absolute atomic E-state index is 0.301. The molecule has 9 heavy (non-hydrogen) atoms. The number of carbonyl (C=O) groups is 1. The van der Waals surface area contributed by atoms with Gasteiger partial charge in [-0.1, -0.05) is 12.5 Å². The summed E-state index contributed by atoms with van der Waals surface area (Å²) >= 11 is 0. The minimum Gasteiger partial charge on any atom is -0.294 e. The van der Waals surface area contributed by atoms with Crippen molar-refractivity contribution in [1.29, 1.82) is 0 Å². The summed E-state index contributed by atoms with van der Waals surface area (Å²) in [5, 5.41) is 0. The van der Waals surface area contributed by atoms with Crippen LogP contribution in [0.4, 0.5) is 0 Å². The monoisotopic (exact) mass is 124 g/mol. The van der Waals surface area contributed by atoms with E-state index in [1.165, 1.54) is 5.57 Å². The Balaban J connectivity index is 2.73. The van der Waals surface area contributed by atoms with Crippen LogP contribution < -0.4 is 0 Å². The summed E-state index contributed by atoms with van der Waals surface area (Å²) in [7, 11) is 0. The van der Waals surface area contributed by atoms with Gasteiger partial charge in [-0.2, -0.15) is 0 Å². The number of ketones is 1. The average molecular weight is 124 g/mol. The standard InChI is InChI=1S/C8H12O/c1-5(2)7-4-6(3)8(7)9/h6H,4H2,1-3H3. The summed E-state index contributed by atoms with van der Waals surface area (Å²) in [6.07, 6.45) is 1.00. The van der Waals surface area contributed by atoms with E-state index in [0.29, 0.717) is 11.7 Å². The molecule has 0 heterocycles. The van der Waals surface area contributed by atoms with Crippen LogP contribution >= 0.6 is 0 Å². The van der Waals surface area contributed by atoms with Crippen LogP contribution in [-0.2, 0) is 4.79 Å². The van der Waals surface area contributed by atoms with E-state index in [2.05, 4.69) is 0 Å². The number of allylic oxidation sites excluding steroid dienone is 2. The lowest BCUT2D eigenvalue weighted by Gasteiger charge is -2.24. The van der Waals surface area contributed by atoms with Gasteiger partial charge in [-0.25, -0.2) is 0 Å². The average Bonchev–Trinajstić information content (AvgIpc) is 1.81. The zero-order valence-corrected chi connectivity index (χ0v) is 6.19. The molecule has 0 aliphatic heterocycles. The Bertz CT molecular complexity index is 173. The SMILES string of the molecule is CC(C)=C1CC(C)C1=O. The first-order valence-corrected chi connectivity index (χ1v) is 3.33. The van der Waals surface area contributed by atoms with E-state index in [1.54, 1.807) is 0 Å². The molecule has 0 aromatic heterocycles. The molecule has 1 aliphatic rings. The van der Waals surface area contributed by atoms with Crippen LogP contribution in [0.3, 0.4) is 0 Å². The molecule has 0 spiro atoms. The number of rotatable bonds is 0. The molecule has 1 fully saturated rings. The maximum Gasteiger partial charge on any atom is 0.161 e. The predicted molar refractivity (Wildman–Crippen MR) is 37.2 cm³/mol. The first-order chi connectivity index (χ1) is 4.13. The van der Waals surface area contributed by atoms with Crippen LogP contribution in [0.1, 0.15) is 27.2 Å². The van der Waals surface area contributed by atoms with Gasteiger partial charge in [-0.05, 0) is 25.8 Å². The van der Waals surface area contributed by atoms with Crippen LogP contribution in [0.2, 0.25) is 0 Å². The van der Waals surface area contributed by atoms with Crippen molar-refractivity contribution in [1.82, 2.24) is 0 Å². The summed E-state index contributed by atoms with van der Waals surface area (Å²) in [6.45, 7) is 5.98. The fourth-order valence-corrected chi connectivity index (χ4v) is 1.12. The Morgan fingerprint density at radius 3 is 2.22 bits per heavy atom. The first kappa shape index (κ1) is 6.53. The van der Waals surface area contributed by atoms with Gasteiger partial charge >= 0.3 is 0 Å². The molecule has 0 amide bonds. The molecule has 1 heteroatoms. The molecule has 0 aromatic carbocycles. The van der Waals surface area contributed by atoms with Gasteiger partial charge in [0.25, 0.3) is 0 Å².